The van der Waals surface area contributed by atoms with E-state index in [0.717, 1.165) is 48.4 Å². The molecule has 1 saturated heterocycles. The zero-order valence-electron chi connectivity index (χ0n) is 16.2. The van der Waals surface area contributed by atoms with Crippen LogP contribution in [0.3, 0.4) is 0 Å². The van der Waals surface area contributed by atoms with Gasteiger partial charge < -0.3 is 14.8 Å². The van der Waals surface area contributed by atoms with Crippen LogP contribution in [0.25, 0.3) is 10.2 Å². The zero-order valence-corrected chi connectivity index (χ0v) is 17.1. The van der Waals surface area contributed by atoms with Crippen molar-refractivity contribution in [1.82, 2.24) is 19.9 Å². The summed E-state index contributed by atoms with van der Waals surface area (Å²) in [6, 6.07) is 3.51. The Morgan fingerprint density at radius 3 is 2.72 bits per heavy atom. The number of carbonyl (C=O) groups excluding carboxylic acids is 1. The summed E-state index contributed by atoms with van der Waals surface area (Å²) < 4.78 is 0. The maximum absolute atomic E-state index is 12.7. The van der Waals surface area contributed by atoms with E-state index in [1.165, 1.54) is 21.8 Å². The first-order valence-corrected chi connectivity index (χ1v) is 11.1. The zero-order chi connectivity index (χ0) is 19.8. The van der Waals surface area contributed by atoms with Crippen LogP contribution < -0.4 is 10.5 Å². The molecular formula is C21H24N5O2S+. The van der Waals surface area contributed by atoms with Crippen LogP contribution in [-0.4, -0.2) is 51.9 Å². The number of amides is 1. The van der Waals surface area contributed by atoms with E-state index in [0.29, 0.717) is 25.2 Å². The number of fused-ring (bicyclic) bond motifs is 3. The van der Waals surface area contributed by atoms with Gasteiger partial charge in [0, 0.05) is 22.8 Å². The minimum absolute atomic E-state index is 0.00954. The summed E-state index contributed by atoms with van der Waals surface area (Å²) in [5.41, 5.74) is 1.92. The van der Waals surface area contributed by atoms with Crippen LogP contribution in [0.1, 0.15) is 39.5 Å². The lowest BCUT2D eigenvalue weighted by Gasteiger charge is -2.32. The van der Waals surface area contributed by atoms with Gasteiger partial charge >= 0.3 is 0 Å². The number of thiophene rings is 1. The number of aryl methyl sites for hydroxylation is 2. The lowest BCUT2D eigenvalue weighted by atomic mass is 9.97. The maximum atomic E-state index is 12.7. The largest absolute Gasteiger partial charge is 0.327 e. The van der Waals surface area contributed by atoms with Gasteiger partial charge in [0.25, 0.3) is 11.5 Å². The van der Waals surface area contributed by atoms with Gasteiger partial charge in [-0.1, -0.05) is 0 Å². The molecule has 0 atom stereocenters. The lowest BCUT2D eigenvalue weighted by molar-refractivity contribution is -0.918. The van der Waals surface area contributed by atoms with Crippen LogP contribution >= 0.6 is 11.3 Å². The van der Waals surface area contributed by atoms with Crippen molar-refractivity contribution in [1.29, 1.82) is 0 Å². The highest BCUT2D eigenvalue weighted by Gasteiger charge is 2.26. The Morgan fingerprint density at radius 2 is 1.93 bits per heavy atom. The number of nitrogens with zero attached hydrogens (tertiary/aromatic N) is 3. The molecule has 1 amide bonds. The van der Waals surface area contributed by atoms with Gasteiger partial charge in [-0.25, -0.2) is 4.98 Å². The Bertz CT molecular complexity index is 1100. The summed E-state index contributed by atoms with van der Waals surface area (Å²) in [6.07, 6.45) is 7.73. The Labute approximate surface area is 172 Å². The second kappa shape index (κ2) is 7.68. The molecule has 29 heavy (non-hydrogen) atoms. The molecule has 150 valence electrons. The molecule has 7 nitrogen and oxygen atoms in total. The summed E-state index contributed by atoms with van der Waals surface area (Å²) in [5, 5.41) is 0.816. The van der Waals surface area contributed by atoms with Crippen molar-refractivity contribution in [3.63, 3.8) is 0 Å². The number of quaternary nitrogens is 1. The molecule has 5 rings (SSSR count). The average molecular weight is 411 g/mol. The van der Waals surface area contributed by atoms with Gasteiger partial charge in [0.05, 0.1) is 31.6 Å². The number of nitrogens with one attached hydrogen (secondary N) is 2. The summed E-state index contributed by atoms with van der Waals surface area (Å²) in [7, 11) is 0. The number of hydrogen-bond acceptors (Lipinski definition) is 5. The number of pyridine rings is 1. The van der Waals surface area contributed by atoms with Gasteiger partial charge in [-0.15, -0.1) is 11.3 Å². The van der Waals surface area contributed by atoms with E-state index in [1.54, 1.807) is 35.9 Å². The van der Waals surface area contributed by atoms with Crippen LogP contribution in [0.2, 0.25) is 0 Å². The van der Waals surface area contributed by atoms with Crippen LogP contribution in [-0.2, 0) is 19.4 Å². The monoisotopic (exact) mass is 410 g/mol. The Balaban J connectivity index is 1.28. The third kappa shape index (κ3) is 3.58. The Hall–Kier alpha value is -2.58. The van der Waals surface area contributed by atoms with E-state index >= 15 is 0 Å². The highest BCUT2D eigenvalue weighted by atomic mass is 32.1. The highest BCUT2D eigenvalue weighted by molar-refractivity contribution is 7.18. The summed E-state index contributed by atoms with van der Waals surface area (Å²) in [4.78, 5) is 42.6. The van der Waals surface area contributed by atoms with E-state index in [2.05, 4.69) is 9.97 Å². The molecule has 2 aliphatic rings. The van der Waals surface area contributed by atoms with Gasteiger partial charge in [0.15, 0.2) is 5.82 Å². The Morgan fingerprint density at radius 1 is 1.17 bits per heavy atom. The van der Waals surface area contributed by atoms with Gasteiger partial charge in [-0.3, -0.25) is 14.6 Å². The standard InChI is InChI=1S/C21H23N5O2S/c27-19-18-15-3-1-2-4-16(15)29-20(18)24-17(23-19)13-25-9-11-26(12-10-25)21(28)14-5-7-22-8-6-14/h5-8H,1-4,9-13H2,(H,23,24,27)/p+1. The molecule has 1 fully saturated rings. The normalized spacial score (nSPS) is 17.4. The molecule has 0 bridgehead atoms. The molecule has 0 radical (unpaired) electrons. The second-order valence-electron chi connectivity index (χ2n) is 7.86. The summed E-state index contributed by atoms with van der Waals surface area (Å²) >= 11 is 1.69. The van der Waals surface area contributed by atoms with E-state index in [-0.39, 0.29) is 11.5 Å². The molecule has 0 saturated carbocycles. The molecular weight excluding hydrogens is 386 g/mol. The predicted octanol–water partition coefficient (Wildman–Crippen LogP) is 0.799. The van der Waals surface area contributed by atoms with E-state index in [4.69, 9.17) is 4.98 Å². The topological polar surface area (TPSA) is 83.4 Å². The molecule has 3 aromatic rings. The first-order chi connectivity index (χ1) is 14.2. The fourth-order valence-corrected chi connectivity index (χ4v) is 5.69. The Kier molecular flexibility index (Phi) is 4.89. The molecule has 1 aliphatic heterocycles. The van der Waals surface area contributed by atoms with E-state index in [1.807, 2.05) is 4.90 Å². The van der Waals surface area contributed by atoms with Crippen LogP contribution in [0.4, 0.5) is 0 Å². The summed E-state index contributed by atoms with van der Waals surface area (Å²) in [6.45, 7) is 3.79. The molecule has 8 heteroatoms. The van der Waals surface area contributed by atoms with E-state index < -0.39 is 0 Å². The number of H-pyrrole nitrogens is 1. The van der Waals surface area contributed by atoms with Crippen LogP contribution in [0.15, 0.2) is 29.3 Å². The number of aromatic nitrogens is 3. The van der Waals surface area contributed by atoms with Crippen molar-refractivity contribution in [2.24, 2.45) is 0 Å². The SMILES string of the molecule is O=C(c1ccncc1)N1CC[NH+](Cc2nc3sc4c(c3c(=O)[nH]2)CCCC4)CC1. The van der Waals surface area contributed by atoms with Crippen molar-refractivity contribution >= 4 is 27.5 Å². The quantitative estimate of drug-likeness (QED) is 0.669. The first kappa shape index (κ1) is 18.4. The van der Waals surface area contributed by atoms with Crippen LogP contribution in [0.5, 0.6) is 0 Å². The fraction of sp³-hybridized carbons (Fsp3) is 0.429. The van der Waals surface area contributed by atoms with Crippen molar-refractivity contribution in [3.8, 4) is 0 Å². The molecule has 1 aliphatic carbocycles. The number of piperazine rings is 1. The summed E-state index contributed by atoms with van der Waals surface area (Å²) in [5.74, 6) is 0.813. The van der Waals surface area contributed by atoms with Gasteiger partial charge in [-0.05, 0) is 43.4 Å². The van der Waals surface area contributed by atoms with Crippen molar-refractivity contribution < 1.29 is 9.69 Å². The third-order valence-corrected chi connectivity index (χ3v) is 7.16. The average Bonchev–Trinajstić information content (AvgIpc) is 3.13. The molecule has 0 aromatic carbocycles. The van der Waals surface area contributed by atoms with Gasteiger partial charge in [0.2, 0.25) is 0 Å². The fourth-order valence-electron chi connectivity index (χ4n) is 4.41. The molecule has 3 aromatic heterocycles. The molecule has 0 spiro atoms. The molecule has 2 N–H and O–H groups in total. The van der Waals surface area contributed by atoms with E-state index in [9.17, 15) is 9.59 Å². The van der Waals surface area contributed by atoms with Crippen LogP contribution in [0, 0.1) is 0 Å². The minimum atomic E-state index is 0.00954. The smallest absolute Gasteiger partial charge is 0.260 e. The lowest BCUT2D eigenvalue weighted by Crippen LogP contribution is -3.13. The maximum Gasteiger partial charge on any atom is 0.260 e. The predicted molar refractivity (Wildman–Crippen MR) is 111 cm³/mol. The minimum Gasteiger partial charge on any atom is -0.327 e. The van der Waals surface area contributed by atoms with Gasteiger partial charge in [0.1, 0.15) is 11.4 Å². The first-order valence-electron chi connectivity index (χ1n) is 10.3. The second-order valence-corrected chi connectivity index (χ2v) is 8.94. The molecule has 0 unspecified atom stereocenters. The molecule has 4 heterocycles. The van der Waals surface area contributed by atoms with Gasteiger partial charge in [-0.2, -0.15) is 0 Å². The highest BCUT2D eigenvalue weighted by Crippen LogP contribution is 2.33. The number of rotatable bonds is 3. The van der Waals surface area contributed by atoms with Crippen molar-refractivity contribution in [3.05, 3.63) is 56.7 Å². The number of aromatic amines is 1. The van der Waals surface area contributed by atoms with Crippen molar-refractivity contribution in [2.75, 3.05) is 26.2 Å². The number of carbonyl (C=O) groups is 1. The third-order valence-electron chi connectivity index (χ3n) is 5.98. The van der Waals surface area contributed by atoms with Crippen molar-refractivity contribution in [2.45, 2.75) is 32.2 Å². The number of hydrogen-bond donors (Lipinski definition) is 2.